The lowest BCUT2D eigenvalue weighted by molar-refractivity contribution is -0.149. The molecule has 2 atom stereocenters. The van der Waals surface area contributed by atoms with E-state index >= 15 is 0 Å². The molecule has 20 heavy (non-hydrogen) atoms. The van der Waals surface area contributed by atoms with Gasteiger partial charge in [0, 0.05) is 6.42 Å². The Balaban J connectivity index is 3.73. The number of hydrogen-bond donors (Lipinski definition) is 0. The highest BCUT2D eigenvalue weighted by Gasteiger charge is 2.26. The van der Waals surface area contributed by atoms with Crippen LogP contribution in [-0.2, 0) is 19.6 Å². The lowest BCUT2D eigenvalue weighted by Gasteiger charge is -2.19. The zero-order valence-corrected chi connectivity index (χ0v) is 13.0. The molecule has 2 unspecified atom stereocenters. The van der Waals surface area contributed by atoms with E-state index in [1.807, 2.05) is 0 Å². The van der Waals surface area contributed by atoms with Crippen LogP contribution in [0.4, 0.5) is 4.39 Å². The Kier molecular flexibility index (Phi) is 9.75. The third-order valence-electron chi connectivity index (χ3n) is 2.95. The smallest absolute Gasteiger partial charge is 0.306 e. The average Bonchev–Trinajstić information content (AvgIpc) is 2.35. The molecule has 0 aliphatic heterocycles. The summed E-state index contributed by atoms with van der Waals surface area (Å²) in [7, 11) is -5.08. The summed E-state index contributed by atoms with van der Waals surface area (Å²) in [6.45, 7) is 3.19. The first-order valence-corrected chi connectivity index (χ1v) is 8.54. The number of halogens is 1. The molecule has 0 spiro atoms. The minimum atomic E-state index is -5.08. The predicted molar refractivity (Wildman–Crippen MR) is 72.8 cm³/mol. The van der Waals surface area contributed by atoms with E-state index in [0.717, 1.165) is 26.2 Å². The standard InChI is InChI=1S/C13H25FO5S/c1-3-4-5-6-7-8-9-10-12(15)19-11(2)13(14)20(16,17)18/h11,13H,3-10H2,1-2H3,(H,16,17,18)/p-1. The van der Waals surface area contributed by atoms with Crippen molar-refractivity contribution in [3.8, 4) is 0 Å². The van der Waals surface area contributed by atoms with Gasteiger partial charge >= 0.3 is 5.97 Å². The summed E-state index contributed by atoms with van der Waals surface area (Å²) in [5.41, 5.74) is -2.71. The van der Waals surface area contributed by atoms with E-state index in [0.29, 0.717) is 6.42 Å². The second kappa shape index (κ2) is 10.1. The van der Waals surface area contributed by atoms with Crippen molar-refractivity contribution in [3.63, 3.8) is 0 Å². The third kappa shape index (κ3) is 9.25. The first-order chi connectivity index (χ1) is 9.29. The molecule has 7 heteroatoms. The van der Waals surface area contributed by atoms with Gasteiger partial charge in [-0.3, -0.25) is 4.79 Å². The lowest BCUT2D eigenvalue weighted by Crippen LogP contribution is -2.31. The van der Waals surface area contributed by atoms with Gasteiger partial charge in [0.1, 0.15) is 16.2 Å². The fraction of sp³-hybridized carbons (Fsp3) is 0.923. The van der Waals surface area contributed by atoms with Crippen molar-refractivity contribution in [1.82, 2.24) is 0 Å². The Morgan fingerprint density at radius 2 is 1.65 bits per heavy atom. The van der Waals surface area contributed by atoms with Gasteiger partial charge in [-0.05, 0) is 13.3 Å². The molecule has 0 aromatic rings. The summed E-state index contributed by atoms with van der Waals surface area (Å²) in [4.78, 5) is 11.3. The third-order valence-corrected chi connectivity index (χ3v) is 3.88. The summed E-state index contributed by atoms with van der Waals surface area (Å²) in [5.74, 6) is -0.669. The van der Waals surface area contributed by atoms with Crippen LogP contribution in [0.2, 0.25) is 0 Å². The maximum atomic E-state index is 13.0. The average molecular weight is 311 g/mol. The highest BCUT2D eigenvalue weighted by Crippen LogP contribution is 2.13. The van der Waals surface area contributed by atoms with Gasteiger partial charge in [-0.2, -0.15) is 0 Å². The van der Waals surface area contributed by atoms with E-state index in [1.54, 1.807) is 0 Å². The fourth-order valence-electron chi connectivity index (χ4n) is 1.78. The topological polar surface area (TPSA) is 83.5 Å². The van der Waals surface area contributed by atoms with Gasteiger partial charge in [-0.1, -0.05) is 45.4 Å². The van der Waals surface area contributed by atoms with Crippen LogP contribution in [0.25, 0.3) is 0 Å². The van der Waals surface area contributed by atoms with Gasteiger partial charge < -0.3 is 9.29 Å². The van der Waals surface area contributed by atoms with Crippen LogP contribution < -0.4 is 0 Å². The van der Waals surface area contributed by atoms with Crippen molar-refractivity contribution in [2.45, 2.75) is 76.8 Å². The van der Waals surface area contributed by atoms with Crippen molar-refractivity contribution in [2.75, 3.05) is 0 Å². The molecule has 0 saturated heterocycles. The van der Waals surface area contributed by atoms with Crippen LogP contribution >= 0.6 is 0 Å². The number of ether oxygens (including phenoxy) is 1. The molecule has 0 amide bonds. The Hall–Kier alpha value is -0.690. The molecule has 5 nitrogen and oxygen atoms in total. The van der Waals surface area contributed by atoms with Crippen LogP contribution in [0, 0.1) is 0 Å². The molecule has 0 rings (SSSR count). The molecule has 0 aliphatic carbocycles. The van der Waals surface area contributed by atoms with Crippen molar-refractivity contribution in [1.29, 1.82) is 0 Å². The summed E-state index contributed by atoms with van der Waals surface area (Å²) >= 11 is 0. The molecule has 0 saturated carbocycles. The van der Waals surface area contributed by atoms with Crippen LogP contribution in [0.3, 0.4) is 0 Å². The minimum Gasteiger partial charge on any atom is -0.746 e. The molecule has 0 aromatic carbocycles. The van der Waals surface area contributed by atoms with E-state index in [2.05, 4.69) is 11.7 Å². The number of carbonyl (C=O) groups excluding carboxylic acids is 1. The molecule has 120 valence electrons. The van der Waals surface area contributed by atoms with Crippen molar-refractivity contribution >= 4 is 16.1 Å². The first-order valence-electron chi connectivity index (χ1n) is 7.07. The Bertz CT molecular complexity index is 369. The van der Waals surface area contributed by atoms with E-state index in [1.165, 1.54) is 19.3 Å². The SMILES string of the molecule is CCCCCCCCCC(=O)OC(C)C(F)S(=O)(=O)[O-]. The molecule has 0 aromatic heterocycles. The number of hydrogen-bond acceptors (Lipinski definition) is 5. The molecule has 0 heterocycles. The van der Waals surface area contributed by atoms with Crippen LogP contribution in [0.1, 0.15) is 65.2 Å². The molecule has 0 bridgehead atoms. The Morgan fingerprint density at radius 3 is 2.15 bits per heavy atom. The molecule has 0 N–H and O–H groups in total. The summed E-state index contributed by atoms with van der Waals surface area (Å²) in [5, 5.41) is 0. The van der Waals surface area contributed by atoms with Crippen LogP contribution in [0.15, 0.2) is 0 Å². The monoisotopic (exact) mass is 311 g/mol. The normalized spacial score (nSPS) is 14.8. The van der Waals surface area contributed by atoms with Crippen LogP contribution in [0.5, 0.6) is 0 Å². The largest absolute Gasteiger partial charge is 0.746 e. The van der Waals surface area contributed by atoms with Gasteiger partial charge in [-0.25, -0.2) is 12.8 Å². The highest BCUT2D eigenvalue weighted by molar-refractivity contribution is 7.86. The van der Waals surface area contributed by atoms with E-state index in [4.69, 9.17) is 0 Å². The number of alkyl halides is 1. The molecular weight excluding hydrogens is 287 g/mol. The molecular formula is C13H24FO5S-. The van der Waals surface area contributed by atoms with Gasteiger partial charge in [-0.15, -0.1) is 0 Å². The first kappa shape index (κ1) is 19.3. The number of unbranched alkanes of at least 4 members (excludes halogenated alkanes) is 6. The Labute approximate surface area is 120 Å². The van der Waals surface area contributed by atoms with E-state index in [-0.39, 0.29) is 6.42 Å². The second-order valence-corrected chi connectivity index (χ2v) is 6.35. The van der Waals surface area contributed by atoms with Crippen molar-refractivity contribution in [2.24, 2.45) is 0 Å². The zero-order chi connectivity index (χ0) is 15.6. The fourth-order valence-corrected chi connectivity index (χ4v) is 2.31. The molecule has 0 radical (unpaired) electrons. The van der Waals surface area contributed by atoms with Gasteiger partial charge in [0.05, 0.1) is 0 Å². The van der Waals surface area contributed by atoms with Crippen LogP contribution in [-0.4, -0.2) is 30.5 Å². The zero-order valence-electron chi connectivity index (χ0n) is 12.1. The highest BCUT2D eigenvalue weighted by atomic mass is 32.2. The summed E-state index contributed by atoms with van der Waals surface area (Å²) in [6.07, 6.45) is 5.79. The quantitative estimate of drug-likeness (QED) is 0.333. The molecule has 0 aliphatic rings. The van der Waals surface area contributed by atoms with Gasteiger partial charge in [0.2, 0.25) is 5.50 Å². The maximum absolute atomic E-state index is 13.0. The summed E-state index contributed by atoms with van der Waals surface area (Å²) in [6, 6.07) is 0. The number of esters is 1. The van der Waals surface area contributed by atoms with E-state index < -0.39 is 27.7 Å². The summed E-state index contributed by atoms with van der Waals surface area (Å²) < 4.78 is 48.9. The van der Waals surface area contributed by atoms with Gasteiger partial charge in [0.25, 0.3) is 0 Å². The van der Waals surface area contributed by atoms with Crippen molar-refractivity contribution in [3.05, 3.63) is 0 Å². The lowest BCUT2D eigenvalue weighted by atomic mass is 10.1. The predicted octanol–water partition coefficient (Wildman–Crippen LogP) is 2.90. The van der Waals surface area contributed by atoms with E-state index in [9.17, 15) is 22.2 Å². The number of rotatable bonds is 11. The second-order valence-electron chi connectivity index (χ2n) is 4.91. The Morgan fingerprint density at radius 1 is 1.15 bits per heavy atom. The molecule has 0 fully saturated rings. The minimum absolute atomic E-state index is 0.115. The maximum Gasteiger partial charge on any atom is 0.306 e. The van der Waals surface area contributed by atoms with Gasteiger partial charge in [0.15, 0.2) is 0 Å². The van der Waals surface area contributed by atoms with Crippen molar-refractivity contribution < 1.29 is 26.9 Å². The number of carbonyl (C=O) groups is 1.